The van der Waals surface area contributed by atoms with Gasteiger partial charge in [-0.05, 0) is 32.0 Å². The summed E-state index contributed by atoms with van der Waals surface area (Å²) in [5, 5.41) is 4.25. The number of nitrogens with zero attached hydrogens (tertiary/aromatic N) is 3. The average molecular weight is 208 g/mol. The highest BCUT2D eigenvalue weighted by atomic mass is 15.3. The average Bonchev–Trinajstić information content (AvgIpc) is 2.82. The molecule has 0 saturated carbocycles. The van der Waals surface area contributed by atoms with E-state index in [0.29, 0.717) is 12.0 Å². The molecule has 15 heavy (non-hydrogen) atoms. The van der Waals surface area contributed by atoms with Crippen LogP contribution in [0.25, 0.3) is 0 Å². The minimum absolute atomic E-state index is 0.480. The van der Waals surface area contributed by atoms with E-state index in [1.807, 2.05) is 17.9 Å². The number of aryl methyl sites for hydroxylation is 1. The number of likely N-dealkylation sites (tertiary alicyclic amines) is 1. The van der Waals surface area contributed by atoms with Crippen molar-refractivity contribution in [3.05, 3.63) is 18.0 Å². The minimum atomic E-state index is 0.480. The maximum absolute atomic E-state index is 5.83. The molecule has 0 amide bonds. The Kier molecular flexibility index (Phi) is 3.07. The first-order valence-electron chi connectivity index (χ1n) is 5.69. The fourth-order valence-corrected chi connectivity index (χ4v) is 2.60. The molecule has 4 nitrogen and oxygen atoms in total. The van der Waals surface area contributed by atoms with Crippen LogP contribution in [0.1, 0.15) is 24.9 Å². The first-order valence-corrected chi connectivity index (χ1v) is 5.69. The topological polar surface area (TPSA) is 47.1 Å². The second-order valence-corrected chi connectivity index (χ2v) is 4.31. The molecule has 2 N–H and O–H groups in total. The van der Waals surface area contributed by atoms with Gasteiger partial charge in [0.25, 0.3) is 0 Å². The zero-order valence-corrected chi connectivity index (χ0v) is 9.56. The van der Waals surface area contributed by atoms with Gasteiger partial charge in [-0.15, -0.1) is 0 Å². The van der Waals surface area contributed by atoms with Crippen LogP contribution in [0.15, 0.2) is 12.4 Å². The Bertz CT molecular complexity index is 308. The molecule has 0 aromatic carbocycles. The SMILES string of the molecule is CCN1CCC(CN)C1c1cnn(C)c1. The van der Waals surface area contributed by atoms with Crippen molar-refractivity contribution >= 4 is 0 Å². The Morgan fingerprint density at radius 2 is 2.40 bits per heavy atom. The number of aromatic nitrogens is 2. The quantitative estimate of drug-likeness (QED) is 0.798. The molecule has 1 fully saturated rings. The molecule has 1 saturated heterocycles. The minimum Gasteiger partial charge on any atom is -0.330 e. The third-order valence-electron chi connectivity index (χ3n) is 3.40. The summed E-state index contributed by atoms with van der Waals surface area (Å²) in [5.41, 5.74) is 7.14. The number of hydrogen-bond donors (Lipinski definition) is 1. The molecule has 4 heteroatoms. The first-order chi connectivity index (χ1) is 7.26. The highest BCUT2D eigenvalue weighted by molar-refractivity contribution is 5.14. The molecule has 1 aliphatic rings. The van der Waals surface area contributed by atoms with Crippen LogP contribution in [0, 0.1) is 5.92 Å². The number of hydrogen-bond acceptors (Lipinski definition) is 3. The molecule has 1 aliphatic heterocycles. The Balaban J connectivity index is 2.22. The largest absolute Gasteiger partial charge is 0.330 e. The lowest BCUT2D eigenvalue weighted by atomic mass is 9.96. The van der Waals surface area contributed by atoms with Crippen molar-refractivity contribution in [3.8, 4) is 0 Å². The Hall–Kier alpha value is -0.870. The summed E-state index contributed by atoms with van der Waals surface area (Å²) in [6, 6.07) is 0.480. The zero-order chi connectivity index (χ0) is 10.8. The predicted octanol–water partition coefficient (Wildman–Crippen LogP) is 0.762. The standard InChI is InChI=1S/C11H20N4/c1-3-15-5-4-9(6-12)11(15)10-7-13-14(2)8-10/h7-9,11H,3-6,12H2,1-2H3. The van der Waals surface area contributed by atoms with Crippen LogP contribution >= 0.6 is 0 Å². The van der Waals surface area contributed by atoms with Gasteiger partial charge in [0.15, 0.2) is 0 Å². The summed E-state index contributed by atoms with van der Waals surface area (Å²) in [6.07, 6.45) is 5.30. The summed E-state index contributed by atoms with van der Waals surface area (Å²) in [7, 11) is 1.96. The monoisotopic (exact) mass is 208 g/mol. The van der Waals surface area contributed by atoms with E-state index in [-0.39, 0.29) is 0 Å². The Morgan fingerprint density at radius 1 is 1.60 bits per heavy atom. The van der Waals surface area contributed by atoms with Crippen LogP contribution in [0.2, 0.25) is 0 Å². The Labute approximate surface area is 91.1 Å². The lowest BCUT2D eigenvalue weighted by molar-refractivity contribution is 0.242. The summed E-state index contributed by atoms with van der Waals surface area (Å²) in [4.78, 5) is 2.49. The van der Waals surface area contributed by atoms with Gasteiger partial charge in [-0.2, -0.15) is 5.10 Å². The van der Waals surface area contributed by atoms with Gasteiger partial charge in [-0.25, -0.2) is 0 Å². The molecular formula is C11H20N4. The van der Waals surface area contributed by atoms with Gasteiger partial charge in [0.1, 0.15) is 0 Å². The number of rotatable bonds is 3. The van der Waals surface area contributed by atoms with Crippen molar-refractivity contribution in [1.82, 2.24) is 14.7 Å². The van der Waals surface area contributed by atoms with Crippen LogP contribution in [-0.2, 0) is 7.05 Å². The molecule has 1 aromatic heterocycles. The van der Waals surface area contributed by atoms with E-state index in [2.05, 4.69) is 23.1 Å². The molecular weight excluding hydrogens is 188 g/mol. The fraction of sp³-hybridized carbons (Fsp3) is 0.727. The molecule has 2 heterocycles. The molecule has 1 aromatic rings. The second-order valence-electron chi connectivity index (χ2n) is 4.31. The van der Waals surface area contributed by atoms with Gasteiger partial charge in [-0.3, -0.25) is 9.58 Å². The molecule has 0 radical (unpaired) electrons. The van der Waals surface area contributed by atoms with E-state index < -0.39 is 0 Å². The molecule has 2 atom stereocenters. The van der Waals surface area contributed by atoms with Crippen LogP contribution in [-0.4, -0.2) is 34.3 Å². The summed E-state index contributed by atoms with van der Waals surface area (Å²) in [6.45, 7) is 5.24. The van der Waals surface area contributed by atoms with Crippen LogP contribution in [0.3, 0.4) is 0 Å². The molecule has 2 unspecified atom stereocenters. The molecule has 84 valence electrons. The van der Waals surface area contributed by atoms with E-state index >= 15 is 0 Å². The lowest BCUT2D eigenvalue weighted by Crippen LogP contribution is -2.27. The Morgan fingerprint density at radius 3 is 2.93 bits per heavy atom. The molecule has 0 aliphatic carbocycles. The fourth-order valence-electron chi connectivity index (χ4n) is 2.60. The smallest absolute Gasteiger partial charge is 0.0537 e. The van der Waals surface area contributed by atoms with E-state index in [1.54, 1.807) is 0 Å². The summed E-state index contributed by atoms with van der Waals surface area (Å²) in [5.74, 6) is 0.592. The molecule has 0 spiro atoms. The van der Waals surface area contributed by atoms with Crippen LogP contribution < -0.4 is 5.73 Å². The zero-order valence-electron chi connectivity index (χ0n) is 9.56. The highest BCUT2D eigenvalue weighted by Gasteiger charge is 2.33. The van der Waals surface area contributed by atoms with Gasteiger partial charge in [0.2, 0.25) is 0 Å². The van der Waals surface area contributed by atoms with Crippen molar-refractivity contribution < 1.29 is 0 Å². The lowest BCUT2D eigenvalue weighted by Gasteiger charge is -2.25. The van der Waals surface area contributed by atoms with E-state index in [4.69, 9.17) is 5.73 Å². The van der Waals surface area contributed by atoms with Crippen molar-refractivity contribution in [3.63, 3.8) is 0 Å². The van der Waals surface area contributed by atoms with E-state index in [0.717, 1.165) is 19.6 Å². The van der Waals surface area contributed by atoms with Crippen LogP contribution in [0.5, 0.6) is 0 Å². The molecule has 2 rings (SSSR count). The van der Waals surface area contributed by atoms with Crippen molar-refractivity contribution in [2.24, 2.45) is 18.7 Å². The highest BCUT2D eigenvalue weighted by Crippen LogP contribution is 2.35. The summed E-state index contributed by atoms with van der Waals surface area (Å²) < 4.78 is 1.87. The third-order valence-corrected chi connectivity index (χ3v) is 3.40. The predicted molar refractivity (Wildman–Crippen MR) is 60.4 cm³/mol. The van der Waals surface area contributed by atoms with Gasteiger partial charge in [0.05, 0.1) is 6.20 Å². The van der Waals surface area contributed by atoms with Gasteiger partial charge in [-0.1, -0.05) is 6.92 Å². The van der Waals surface area contributed by atoms with Crippen molar-refractivity contribution in [2.75, 3.05) is 19.6 Å². The first kappa shape index (κ1) is 10.6. The molecule has 0 bridgehead atoms. The van der Waals surface area contributed by atoms with Crippen LogP contribution in [0.4, 0.5) is 0 Å². The normalized spacial score (nSPS) is 27.4. The van der Waals surface area contributed by atoms with Crippen molar-refractivity contribution in [2.45, 2.75) is 19.4 Å². The second kappa shape index (κ2) is 4.33. The van der Waals surface area contributed by atoms with E-state index in [1.165, 1.54) is 12.0 Å². The maximum atomic E-state index is 5.83. The summed E-state index contributed by atoms with van der Waals surface area (Å²) >= 11 is 0. The maximum Gasteiger partial charge on any atom is 0.0537 e. The van der Waals surface area contributed by atoms with Gasteiger partial charge in [0, 0.05) is 24.8 Å². The van der Waals surface area contributed by atoms with Crippen molar-refractivity contribution in [1.29, 1.82) is 0 Å². The number of nitrogens with two attached hydrogens (primary N) is 1. The van der Waals surface area contributed by atoms with Gasteiger partial charge < -0.3 is 5.73 Å². The third kappa shape index (κ3) is 1.92. The van der Waals surface area contributed by atoms with Gasteiger partial charge >= 0.3 is 0 Å². The van der Waals surface area contributed by atoms with E-state index in [9.17, 15) is 0 Å².